The first kappa shape index (κ1) is 24.5. The minimum Gasteiger partial charge on any atom is -0.507 e. The summed E-state index contributed by atoms with van der Waals surface area (Å²) in [6.07, 6.45) is 4.14. The molecule has 1 aromatic carbocycles. The van der Waals surface area contributed by atoms with E-state index in [-0.39, 0.29) is 23.0 Å². The number of carboxylic acids is 1. The summed E-state index contributed by atoms with van der Waals surface area (Å²) in [5.41, 5.74) is 7.73. The summed E-state index contributed by atoms with van der Waals surface area (Å²) in [4.78, 5) is 10.8. The number of rotatable bonds is 6. The van der Waals surface area contributed by atoms with Gasteiger partial charge in [-0.1, -0.05) is 73.4 Å². The number of phenols is 1. The lowest BCUT2D eigenvalue weighted by Gasteiger charge is -2.27. The molecule has 0 aromatic heterocycles. The molecular formula is C22H39NO3. The summed E-state index contributed by atoms with van der Waals surface area (Å²) < 4.78 is 0. The zero-order chi connectivity index (χ0) is 20.5. The number of aromatic hydroxyl groups is 1. The molecule has 0 atom stereocenters. The van der Waals surface area contributed by atoms with Crippen molar-refractivity contribution in [3.05, 3.63) is 28.8 Å². The van der Waals surface area contributed by atoms with Gasteiger partial charge in [-0.05, 0) is 46.9 Å². The average molecular weight is 366 g/mol. The van der Waals surface area contributed by atoms with E-state index in [2.05, 4.69) is 48.5 Å². The second-order valence-electron chi connectivity index (χ2n) is 8.92. The van der Waals surface area contributed by atoms with Crippen LogP contribution in [0.3, 0.4) is 0 Å². The highest BCUT2D eigenvalue weighted by Crippen LogP contribution is 2.38. The standard InChI is InChI=1S/C17H26O3.C5H13N/c1-16(2,3)12-9-11(7-8-14(18)19)15(20)13(10-12)17(4,5)6;1-2-3-4-5-6/h9-10,20H,7-8H2,1-6H3,(H,18,19);2-6H2,1H3. The number of nitrogens with two attached hydrogens (primary N) is 1. The summed E-state index contributed by atoms with van der Waals surface area (Å²) in [7, 11) is 0. The molecule has 0 aliphatic heterocycles. The number of aliphatic carboxylic acids is 1. The lowest BCUT2D eigenvalue weighted by Crippen LogP contribution is -2.17. The molecule has 0 unspecified atom stereocenters. The minimum absolute atomic E-state index is 0.0325. The van der Waals surface area contributed by atoms with Gasteiger partial charge < -0.3 is 15.9 Å². The first-order chi connectivity index (χ1) is 11.8. The van der Waals surface area contributed by atoms with E-state index in [0.717, 1.165) is 23.2 Å². The maximum atomic E-state index is 10.8. The van der Waals surface area contributed by atoms with Crippen molar-refractivity contribution in [2.45, 2.75) is 91.4 Å². The first-order valence-corrected chi connectivity index (χ1v) is 9.63. The third-order valence-electron chi connectivity index (χ3n) is 4.28. The van der Waals surface area contributed by atoms with E-state index in [0.29, 0.717) is 6.42 Å². The molecule has 26 heavy (non-hydrogen) atoms. The average Bonchev–Trinajstić information content (AvgIpc) is 2.50. The molecule has 0 aliphatic carbocycles. The van der Waals surface area contributed by atoms with Gasteiger partial charge in [0.1, 0.15) is 5.75 Å². The van der Waals surface area contributed by atoms with Crippen molar-refractivity contribution < 1.29 is 15.0 Å². The maximum Gasteiger partial charge on any atom is 0.303 e. The number of benzene rings is 1. The fraction of sp³-hybridized carbons (Fsp3) is 0.682. The Kier molecular flexibility index (Phi) is 9.93. The topological polar surface area (TPSA) is 83.5 Å². The maximum absolute atomic E-state index is 10.8. The molecule has 0 aliphatic rings. The molecule has 0 saturated heterocycles. The van der Waals surface area contributed by atoms with E-state index in [9.17, 15) is 9.90 Å². The Labute approximate surface area is 159 Å². The van der Waals surface area contributed by atoms with Crippen molar-refractivity contribution >= 4 is 5.97 Å². The van der Waals surface area contributed by atoms with E-state index >= 15 is 0 Å². The van der Waals surface area contributed by atoms with E-state index in [1.54, 1.807) is 0 Å². The molecule has 0 radical (unpaired) electrons. The van der Waals surface area contributed by atoms with Crippen molar-refractivity contribution in [1.29, 1.82) is 0 Å². The van der Waals surface area contributed by atoms with Crippen molar-refractivity contribution in [3.63, 3.8) is 0 Å². The van der Waals surface area contributed by atoms with E-state index in [4.69, 9.17) is 10.8 Å². The zero-order valence-electron chi connectivity index (χ0n) is 17.8. The van der Waals surface area contributed by atoms with Crippen LogP contribution in [0.5, 0.6) is 5.75 Å². The second kappa shape index (κ2) is 10.6. The van der Waals surface area contributed by atoms with Gasteiger partial charge in [-0.2, -0.15) is 0 Å². The summed E-state index contributed by atoms with van der Waals surface area (Å²) in [6, 6.07) is 3.98. The van der Waals surface area contributed by atoms with Gasteiger partial charge >= 0.3 is 5.97 Å². The number of carboxylic acid groups (broad SMARTS) is 1. The van der Waals surface area contributed by atoms with Crippen LogP contribution in [0, 0.1) is 0 Å². The summed E-state index contributed by atoms with van der Waals surface area (Å²) >= 11 is 0. The quantitative estimate of drug-likeness (QED) is 0.609. The van der Waals surface area contributed by atoms with Gasteiger partial charge in [-0.15, -0.1) is 0 Å². The molecule has 4 N–H and O–H groups in total. The molecule has 4 heteroatoms. The third kappa shape index (κ3) is 8.70. The summed E-state index contributed by atoms with van der Waals surface area (Å²) in [5, 5.41) is 19.3. The van der Waals surface area contributed by atoms with Crippen LogP contribution < -0.4 is 5.73 Å². The molecule has 0 spiro atoms. The summed E-state index contributed by atoms with van der Waals surface area (Å²) in [6.45, 7) is 15.5. The molecule has 0 saturated carbocycles. The van der Waals surface area contributed by atoms with Gasteiger partial charge in [0.25, 0.3) is 0 Å². The molecule has 0 amide bonds. The predicted octanol–water partition coefficient (Wildman–Crippen LogP) is 5.14. The first-order valence-electron chi connectivity index (χ1n) is 9.63. The van der Waals surface area contributed by atoms with Gasteiger partial charge in [-0.25, -0.2) is 0 Å². The Balaban J connectivity index is 0.000000896. The number of unbranched alkanes of at least 4 members (excludes halogenated alkanes) is 2. The molecule has 0 bridgehead atoms. The number of phenolic OH excluding ortho intramolecular Hbond substituents is 1. The highest BCUT2D eigenvalue weighted by atomic mass is 16.4. The molecule has 1 rings (SSSR count). The van der Waals surface area contributed by atoms with Gasteiger partial charge in [-0.3, -0.25) is 4.79 Å². The van der Waals surface area contributed by atoms with Crippen LogP contribution in [0.1, 0.15) is 90.8 Å². The molecular weight excluding hydrogens is 326 g/mol. The number of carbonyl (C=O) groups is 1. The Bertz CT molecular complexity index is 562. The Morgan fingerprint density at radius 2 is 1.62 bits per heavy atom. The molecule has 150 valence electrons. The smallest absolute Gasteiger partial charge is 0.303 e. The van der Waals surface area contributed by atoms with Gasteiger partial charge in [0.05, 0.1) is 0 Å². The fourth-order valence-corrected chi connectivity index (χ4v) is 2.53. The van der Waals surface area contributed by atoms with Crippen LogP contribution in [0.4, 0.5) is 0 Å². The molecule has 1 aromatic rings. The number of aryl methyl sites for hydroxylation is 1. The lowest BCUT2D eigenvalue weighted by atomic mass is 9.78. The van der Waals surface area contributed by atoms with Gasteiger partial charge in [0, 0.05) is 6.42 Å². The molecule has 0 fully saturated rings. The highest BCUT2D eigenvalue weighted by molar-refractivity contribution is 5.67. The van der Waals surface area contributed by atoms with Gasteiger partial charge in [0.15, 0.2) is 0 Å². The van der Waals surface area contributed by atoms with Crippen LogP contribution in [0.25, 0.3) is 0 Å². The van der Waals surface area contributed by atoms with E-state index < -0.39 is 5.97 Å². The predicted molar refractivity (Wildman–Crippen MR) is 110 cm³/mol. The summed E-state index contributed by atoms with van der Waals surface area (Å²) in [5.74, 6) is -0.602. The van der Waals surface area contributed by atoms with E-state index in [1.807, 2.05) is 12.1 Å². The third-order valence-corrected chi connectivity index (χ3v) is 4.28. The normalized spacial score (nSPS) is 11.7. The SMILES string of the molecule is CC(C)(C)c1cc(CCC(=O)O)c(O)c(C(C)(C)C)c1.CCCCCN. The molecule has 4 nitrogen and oxygen atoms in total. The highest BCUT2D eigenvalue weighted by Gasteiger charge is 2.24. The Morgan fingerprint density at radius 1 is 1.04 bits per heavy atom. The second-order valence-corrected chi connectivity index (χ2v) is 8.92. The minimum atomic E-state index is -0.845. The van der Waals surface area contributed by atoms with Crippen molar-refractivity contribution in [3.8, 4) is 5.75 Å². The van der Waals surface area contributed by atoms with Crippen molar-refractivity contribution in [2.75, 3.05) is 6.54 Å². The molecule has 0 heterocycles. The lowest BCUT2D eigenvalue weighted by molar-refractivity contribution is -0.136. The van der Waals surface area contributed by atoms with Crippen LogP contribution in [0.15, 0.2) is 12.1 Å². The Morgan fingerprint density at radius 3 is 1.96 bits per heavy atom. The fourth-order valence-electron chi connectivity index (χ4n) is 2.53. The van der Waals surface area contributed by atoms with Crippen LogP contribution in [0.2, 0.25) is 0 Å². The Hall–Kier alpha value is -1.55. The number of hydrogen-bond acceptors (Lipinski definition) is 3. The van der Waals surface area contributed by atoms with Crippen LogP contribution in [-0.4, -0.2) is 22.7 Å². The zero-order valence-corrected chi connectivity index (χ0v) is 17.8. The van der Waals surface area contributed by atoms with Crippen molar-refractivity contribution in [2.24, 2.45) is 5.73 Å². The van der Waals surface area contributed by atoms with E-state index in [1.165, 1.54) is 19.3 Å². The monoisotopic (exact) mass is 365 g/mol. The number of hydrogen-bond donors (Lipinski definition) is 3. The van der Waals surface area contributed by atoms with Crippen LogP contribution in [-0.2, 0) is 22.0 Å². The largest absolute Gasteiger partial charge is 0.507 e. The van der Waals surface area contributed by atoms with Crippen LogP contribution >= 0.6 is 0 Å². The van der Waals surface area contributed by atoms with Gasteiger partial charge in [0.2, 0.25) is 0 Å². The van der Waals surface area contributed by atoms with Crippen molar-refractivity contribution in [1.82, 2.24) is 0 Å².